The molecule has 0 aliphatic carbocycles. The Bertz CT molecular complexity index is 1490. The third-order valence-corrected chi connectivity index (χ3v) is 11.2. The summed E-state index contributed by atoms with van der Waals surface area (Å²) in [5, 5.41) is 5.89. The van der Waals surface area contributed by atoms with Crippen molar-refractivity contribution in [1.82, 2.24) is 4.67 Å². The first-order valence-electron chi connectivity index (χ1n) is 13.1. The van der Waals surface area contributed by atoms with Crippen LogP contribution in [0.15, 0.2) is 99.7 Å². The molecule has 0 saturated carbocycles. The van der Waals surface area contributed by atoms with Gasteiger partial charge < -0.3 is 4.90 Å². The number of halogens is 3. The molecule has 5 nitrogen and oxygen atoms in total. The van der Waals surface area contributed by atoms with Crippen LogP contribution in [0.2, 0.25) is 0 Å². The normalized spacial score (nSPS) is 22.1. The van der Waals surface area contributed by atoms with E-state index in [2.05, 4.69) is 56.4 Å². The zero-order valence-corrected chi connectivity index (χ0v) is 23.7. The van der Waals surface area contributed by atoms with E-state index in [-0.39, 0.29) is 11.1 Å². The number of alkyl halides is 3. The number of hydrogen-bond acceptors (Lipinski definition) is 3. The van der Waals surface area contributed by atoms with E-state index in [0.717, 1.165) is 34.5 Å². The summed E-state index contributed by atoms with van der Waals surface area (Å²) in [5.41, 5.74) is 3.39. The molecule has 0 amide bonds. The van der Waals surface area contributed by atoms with Gasteiger partial charge in [-0.1, -0.05) is 70.2 Å². The van der Waals surface area contributed by atoms with Gasteiger partial charge >= 0.3 is 6.18 Å². The van der Waals surface area contributed by atoms with E-state index in [1.807, 2.05) is 53.5 Å². The number of para-hydroxylation sites is 2. The van der Waals surface area contributed by atoms with E-state index >= 15 is 0 Å². The lowest BCUT2D eigenvalue weighted by Gasteiger charge is -2.40. The Hall–Kier alpha value is -3.35. The summed E-state index contributed by atoms with van der Waals surface area (Å²) in [6.07, 6.45) is -2.58. The highest BCUT2D eigenvalue weighted by Crippen LogP contribution is 2.70. The van der Waals surface area contributed by atoms with E-state index in [9.17, 15) is 13.2 Å². The summed E-state index contributed by atoms with van der Waals surface area (Å²) in [5.74, 6) is 0. The number of nitrogens with zero attached hydrogens (tertiary/aromatic N) is 5. The molecule has 1 atom stereocenters. The van der Waals surface area contributed by atoms with Crippen molar-refractivity contribution in [2.75, 3.05) is 29.8 Å². The molecule has 3 aromatic carbocycles. The van der Waals surface area contributed by atoms with Gasteiger partial charge in [-0.3, -0.25) is 0 Å². The standard InChI is InChI=1S/C30H33F3N5P/c1-6-37(7-2)39(35-23-15-13-14-22(20-23)30(31,32)33)27(21-34-38(39)24-16-9-8-10-17-24)28-29(3,4)25-18-11-12-19-26(25)36(28)5/h8-21H,6-7H2,1-5H3/b28-27-/t39-/m0/s1. The Balaban J connectivity index is 1.89. The van der Waals surface area contributed by atoms with Gasteiger partial charge in [0.15, 0.2) is 7.36 Å². The molecule has 0 radical (unpaired) electrons. The minimum absolute atomic E-state index is 0.283. The van der Waals surface area contributed by atoms with Gasteiger partial charge in [-0.05, 0) is 42.0 Å². The summed E-state index contributed by atoms with van der Waals surface area (Å²) in [4.78, 5) is 2.20. The highest BCUT2D eigenvalue weighted by Gasteiger charge is 2.49. The molecule has 2 aliphatic rings. The first-order valence-corrected chi connectivity index (χ1v) is 14.7. The van der Waals surface area contributed by atoms with Crippen molar-refractivity contribution in [3.05, 3.63) is 101 Å². The number of anilines is 2. The quantitative estimate of drug-likeness (QED) is 0.297. The van der Waals surface area contributed by atoms with E-state index < -0.39 is 19.1 Å². The SMILES string of the molecule is CCN(CC)[P@@]1(=Nc2cccc(C(F)(F)F)c2)/C(=C2\N(C)c3ccccc3C2(C)C)C=NN1c1ccccc1. The third kappa shape index (κ3) is 4.40. The molecule has 0 fully saturated rings. The van der Waals surface area contributed by atoms with Crippen molar-refractivity contribution >= 4 is 30.6 Å². The maximum atomic E-state index is 13.7. The summed E-state index contributed by atoms with van der Waals surface area (Å²) < 4.78 is 50.8. The fraction of sp³-hybridized carbons (Fsp3) is 0.300. The molecular weight excluding hydrogens is 518 g/mol. The Morgan fingerprint density at radius 1 is 0.923 bits per heavy atom. The molecule has 0 bridgehead atoms. The molecule has 9 heteroatoms. The molecule has 0 unspecified atom stereocenters. The van der Waals surface area contributed by atoms with Gasteiger partial charge in [-0.15, -0.1) is 0 Å². The third-order valence-electron chi connectivity index (χ3n) is 7.53. The van der Waals surface area contributed by atoms with E-state index in [1.165, 1.54) is 11.6 Å². The van der Waals surface area contributed by atoms with E-state index in [4.69, 9.17) is 9.85 Å². The monoisotopic (exact) mass is 551 g/mol. The van der Waals surface area contributed by atoms with Crippen LogP contribution in [0.3, 0.4) is 0 Å². The second-order valence-electron chi connectivity index (χ2n) is 10.2. The van der Waals surface area contributed by atoms with Gasteiger partial charge in [0.1, 0.15) is 0 Å². The number of fused-ring (bicyclic) bond motifs is 1. The van der Waals surface area contributed by atoms with Crippen LogP contribution in [0.1, 0.15) is 38.8 Å². The maximum Gasteiger partial charge on any atom is 0.416 e. The molecule has 3 aromatic rings. The average Bonchev–Trinajstić information content (AvgIpc) is 3.37. The van der Waals surface area contributed by atoms with Crippen molar-refractivity contribution in [3.63, 3.8) is 0 Å². The Morgan fingerprint density at radius 3 is 2.23 bits per heavy atom. The topological polar surface area (TPSA) is 34.4 Å². The molecule has 2 aliphatic heterocycles. The molecule has 0 spiro atoms. The summed E-state index contributed by atoms with van der Waals surface area (Å²) in [6, 6.07) is 23.4. The smallest absolute Gasteiger partial charge is 0.346 e. The van der Waals surface area contributed by atoms with E-state index in [0.29, 0.717) is 13.1 Å². The molecule has 0 saturated heterocycles. The van der Waals surface area contributed by atoms with Gasteiger partial charge in [-0.2, -0.15) is 18.3 Å². The molecule has 0 N–H and O–H groups in total. The van der Waals surface area contributed by atoms with Crippen LogP contribution >= 0.6 is 7.36 Å². The fourth-order valence-corrected chi connectivity index (χ4v) is 9.64. The van der Waals surface area contributed by atoms with Crippen molar-refractivity contribution < 1.29 is 13.2 Å². The van der Waals surface area contributed by atoms with Crippen LogP contribution in [-0.2, 0) is 11.6 Å². The summed E-state index contributed by atoms with van der Waals surface area (Å²) >= 11 is 0. The predicted molar refractivity (Wildman–Crippen MR) is 156 cm³/mol. The van der Waals surface area contributed by atoms with Crippen molar-refractivity contribution in [2.24, 2.45) is 9.85 Å². The Morgan fingerprint density at radius 2 is 1.59 bits per heavy atom. The zero-order valence-electron chi connectivity index (χ0n) is 22.8. The lowest BCUT2D eigenvalue weighted by atomic mass is 9.84. The number of hydrogen-bond donors (Lipinski definition) is 0. The lowest BCUT2D eigenvalue weighted by molar-refractivity contribution is -0.137. The van der Waals surface area contributed by atoms with Crippen LogP contribution in [-0.4, -0.2) is 31.0 Å². The molecule has 5 rings (SSSR count). The Kier molecular flexibility index (Phi) is 6.98. The second-order valence-corrected chi connectivity index (χ2v) is 12.9. The molecule has 39 heavy (non-hydrogen) atoms. The van der Waals surface area contributed by atoms with Crippen molar-refractivity contribution in [3.8, 4) is 0 Å². The first-order chi connectivity index (χ1) is 18.6. The van der Waals surface area contributed by atoms with Gasteiger partial charge in [0, 0.05) is 36.9 Å². The van der Waals surface area contributed by atoms with Gasteiger partial charge in [-0.25, -0.2) is 14.2 Å². The lowest BCUT2D eigenvalue weighted by Crippen LogP contribution is -2.31. The molecule has 0 aromatic heterocycles. The average molecular weight is 552 g/mol. The largest absolute Gasteiger partial charge is 0.416 e. The summed E-state index contributed by atoms with van der Waals surface area (Å²) in [6.45, 7) is 9.81. The number of hydrazone groups is 1. The van der Waals surface area contributed by atoms with Crippen LogP contribution in [0.5, 0.6) is 0 Å². The highest BCUT2D eigenvalue weighted by molar-refractivity contribution is 7.71. The number of rotatable bonds is 5. The van der Waals surface area contributed by atoms with Crippen molar-refractivity contribution in [2.45, 2.75) is 39.3 Å². The fourth-order valence-electron chi connectivity index (χ4n) is 5.76. The zero-order chi connectivity index (χ0) is 28.0. The van der Waals surface area contributed by atoms with Crippen LogP contribution in [0.25, 0.3) is 0 Å². The molecule has 204 valence electrons. The Labute approximate surface area is 228 Å². The van der Waals surface area contributed by atoms with Crippen LogP contribution in [0, 0.1) is 0 Å². The predicted octanol–water partition coefficient (Wildman–Crippen LogP) is 8.86. The van der Waals surface area contributed by atoms with E-state index in [1.54, 1.807) is 6.07 Å². The van der Waals surface area contributed by atoms with Gasteiger partial charge in [0.05, 0.1) is 28.5 Å². The highest BCUT2D eigenvalue weighted by atomic mass is 31.2. The summed E-state index contributed by atoms with van der Waals surface area (Å²) in [7, 11) is -0.896. The minimum atomic E-state index is -4.46. The number of allylic oxidation sites excluding steroid dienone is 2. The second kappa shape index (κ2) is 10.00. The van der Waals surface area contributed by atoms with Crippen LogP contribution < -0.4 is 9.68 Å². The van der Waals surface area contributed by atoms with Gasteiger partial charge in [0.2, 0.25) is 0 Å². The van der Waals surface area contributed by atoms with Crippen LogP contribution in [0.4, 0.5) is 30.2 Å². The molecule has 2 heterocycles. The molecular formula is C30H33F3N5P. The maximum absolute atomic E-state index is 13.7. The van der Waals surface area contributed by atoms with Crippen molar-refractivity contribution in [1.29, 1.82) is 0 Å². The number of benzene rings is 3. The number of likely N-dealkylation sites (N-methyl/N-ethyl adjacent to an activating group) is 1. The first kappa shape index (κ1) is 27.2. The minimum Gasteiger partial charge on any atom is -0.346 e. The van der Waals surface area contributed by atoms with Gasteiger partial charge in [0.25, 0.3) is 0 Å².